The zero-order valence-corrected chi connectivity index (χ0v) is 24.1. The summed E-state index contributed by atoms with van der Waals surface area (Å²) in [6, 6.07) is 26.0. The number of hydrogen-bond donors (Lipinski definition) is 3. The molecule has 224 valence electrons. The van der Waals surface area contributed by atoms with Crippen molar-refractivity contribution in [1.82, 2.24) is 16.0 Å². The first-order valence-electron chi connectivity index (χ1n) is 13.9. The maximum atomic E-state index is 10.8. The van der Waals surface area contributed by atoms with Crippen molar-refractivity contribution < 1.29 is 19.3 Å². The van der Waals surface area contributed by atoms with Crippen molar-refractivity contribution in [3.05, 3.63) is 128 Å². The molecule has 3 N–H and O–H groups in total. The molecule has 0 aliphatic rings. The molecule has 0 fully saturated rings. The van der Waals surface area contributed by atoms with E-state index >= 15 is 0 Å². The highest BCUT2D eigenvalue weighted by molar-refractivity contribution is 5.41. The van der Waals surface area contributed by atoms with E-state index < -0.39 is 9.85 Å². The van der Waals surface area contributed by atoms with Gasteiger partial charge >= 0.3 is 0 Å². The molecule has 0 aliphatic heterocycles. The van der Waals surface area contributed by atoms with Crippen LogP contribution in [0.2, 0.25) is 0 Å². The van der Waals surface area contributed by atoms with E-state index in [1.54, 1.807) is 24.3 Å². The van der Waals surface area contributed by atoms with Crippen molar-refractivity contribution in [1.29, 1.82) is 0 Å². The van der Waals surface area contributed by atoms with Crippen molar-refractivity contribution in [2.75, 3.05) is 19.6 Å². The first kappa shape index (κ1) is 31.1. The van der Waals surface area contributed by atoms with Crippen LogP contribution in [-0.2, 0) is 13.1 Å². The molecular formula is C32H35N5O6. The molecule has 0 radical (unpaired) electrons. The maximum Gasteiger partial charge on any atom is 0.269 e. The molecule has 0 aliphatic carbocycles. The van der Waals surface area contributed by atoms with E-state index in [2.05, 4.69) is 22.9 Å². The molecule has 0 spiro atoms. The lowest BCUT2D eigenvalue weighted by Crippen LogP contribution is -2.39. The normalized spacial score (nSPS) is 11.6. The molecule has 0 saturated heterocycles. The van der Waals surface area contributed by atoms with Gasteiger partial charge in [-0.3, -0.25) is 20.2 Å². The lowest BCUT2D eigenvalue weighted by Gasteiger charge is -2.16. The summed E-state index contributed by atoms with van der Waals surface area (Å²) in [6.07, 6.45) is 0. The van der Waals surface area contributed by atoms with Gasteiger partial charge in [0.05, 0.1) is 9.85 Å². The highest BCUT2D eigenvalue weighted by atomic mass is 16.6. The molecule has 0 heterocycles. The third kappa shape index (κ3) is 9.89. The van der Waals surface area contributed by atoms with Crippen LogP contribution in [0.4, 0.5) is 11.4 Å². The van der Waals surface area contributed by atoms with Crippen molar-refractivity contribution in [2.45, 2.75) is 33.0 Å². The Hall–Kier alpha value is -4.84. The Morgan fingerprint density at radius 3 is 1.72 bits per heavy atom. The van der Waals surface area contributed by atoms with Gasteiger partial charge in [-0.1, -0.05) is 18.2 Å². The van der Waals surface area contributed by atoms with Crippen LogP contribution < -0.4 is 25.4 Å². The molecule has 1 atom stereocenters. The molecule has 0 bridgehead atoms. The van der Waals surface area contributed by atoms with Crippen LogP contribution in [0.3, 0.4) is 0 Å². The molecule has 11 heteroatoms. The number of nitro groups is 2. The number of ether oxygens (including phenoxy) is 2. The van der Waals surface area contributed by atoms with Gasteiger partial charge in [0.15, 0.2) is 0 Å². The van der Waals surface area contributed by atoms with Crippen molar-refractivity contribution in [3.63, 3.8) is 0 Å². The monoisotopic (exact) mass is 585 g/mol. The smallest absolute Gasteiger partial charge is 0.269 e. The standard InChI is InChI=1S/C32H35N5O6/c1-23-19-32(43-31-15-8-28(9-16-31)37(40)41)12-5-26(23)22-34-20-24(2)35-18-17-33-21-25-3-10-29(11-4-25)42-30-13-6-27(7-14-30)36(38)39/h3-16,19,24,33-35H,17-18,20-22H2,1-2H3. The molecule has 0 saturated carbocycles. The fourth-order valence-electron chi connectivity index (χ4n) is 4.28. The molecule has 4 aromatic carbocycles. The van der Waals surface area contributed by atoms with Crippen LogP contribution in [-0.4, -0.2) is 35.5 Å². The second-order valence-electron chi connectivity index (χ2n) is 10.1. The maximum absolute atomic E-state index is 10.8. The Bertz CT molecular complexity index is 1490. The number of nitrogens with zero attached hydrogens (tertiary/aromatic N) is 2. The number of aryl methyl sites for hydroxylation is 1. The van der Waals surface area contributed by atoms with Crippen LogP contribution >= 0.6 is 0 Å². The molecule has 1 unspecified atom stereocenters. The summed E-state index contributed by atoms with van der Waals surface area (Å²) in [4.78, 5) is 20.7. The molecule has 0 amide bonds. The van der Waals surface area contributed by atoms with Gasteiger partial charge in [0, 0.05) is 63.0 Å². The largest absolute Gasteiger partial charge is 0.457 e. The van der Waals surface area contributed by atoms with Gasteiger partial charge in [-0.15, -0.1) is 0 Å². The van der Waals surface area contributed by atoms with E-state index in [1.807, 2.05) is 49.4 Å². The molecule has 11 nitrogen and oxygen atoms in total. The quantitative estimate of drug-likeness (QED) is 0.0790. The number of non-ortho nitro benzene ring substituents is 2. The summed E-state index contributed by atoms with van der Waals surface area (Å²) in [5.74, 6) is 2.45. The second-order valence-corrected chi connectivity index (χ2v) is 10.1. The molecule has 4 rings (SSSR count). The Morgan fingerprint density at radius 1 is 0.674 bits per heavy atom. The summed E-state index contributed by atoms with van der Waals surface area (Å²) in [6.45, 7) is 8.11. The summed E-state index contributed by atoms with van der Waals surface area (Å²) >= 11 is 0. The lowest BCUT2D eigenvalue weighted by molar-refractivity contribution is -0.385. The fourth-order valence-corrected chi connectivity index (χ4v) is 4.28. The lowest BCUT2D eigenvalue weighted by atomic mass is 10.1. The number of rotatable bonds is 16. The summed E-state index contributed by atoms with van der Waals surface area (Å²) < 4.78 is 11.6. The molecule has 4 aromatic rings. The Morgan fingerprint density at radius 2 is 1.19 bits per heavy atom. The van der Waals surface area contributed by atoms with Gasteiger partial charge < -0.3 is 25.4 Å². The summed E-state index contributed by atoms with van der Waals surface area (Å²) in [5, 5.41) is 32.0. The van der Waals surface area contributed by atoms with Crippen LogP contribution in [0, 0.1) is 27.2 Å². The third-order valence-corrected chi connectivity index (χ3v) is 6.69. The van der Waals surface area contributed by atoms with E-state index in [0.717, 1.165) is 43.9 Å². The van der Waals surface area contributed by atoms with E-state index in [-0.39, 0.29) is 11.4 Å². The highest BCUT2D eigenvalue weighted by Crippen LogP contribution is 2.26. The van der Waals surface area contributed by atoms with E-state index in [4.69, 9.17) is 9.47 Å². The van der Waals surface area contributed by atoms with Gasteiger partial charge in [-0.05, 0) is 79.1 Å². The summed E-state index contributed by atoms with van der Waals surface area (Å²) in [5.41, 5.74) is 3.46. The minimum absolute atomic E-state index is 0.0295. The molecular weight excluding hydrogens is 550 g/mol. The topological polar surface area (TPSA) is 141 Å². The Balaban J connectivity index is 1.09. The van der Waals surface area contributed by atoms with E-state index in [0.29, 0.717) is 29.0 Å². The third-order valence-electron chi connectivity index (χ3n) is 6.69. The van der Waals surface area contributed by atoms with Crippen LogP contribution in [0.5, 0.6) is 23.0 Å². The van der Waals surface area contributed by atoms with Crippen LogP contribution in [0.15, 0.2) is 91.0 Å². The predicted molar refractivity (Wildman–Crippen MR) is 165 cm³/mol. The first-order chi connectivity index (χ1) is 20.8. The van der Waals surface area contributed by atoms with Gasteiger partial charge in [-0.2, -0.15) is 0 Å². The Labute approximate surface area is 250 Å². The number of nitro benzene ring substituents is 2. The van der Waals surface area contributed by atoms with Gasteiger partial charge in [0.1, 0.15) is 23.0 Å². The van der Waals surface area contributed by atoms with E-state index in [9.17, 15) is 20.2 Å². The van der Waals surface area contributed by atoms with Crippen molar-refractivity contribution in [2.24, 2.45) is 0 Å². The molecule has 0 aromatic heterocycles. The predicted octanol–water partition coefficient (Wildman–Crippen LogP) is 6.25. The van der Waals surface area contributed by atoms with E-state index in [1.165, 1.54) is 29.8 Å². The minimum atomic E-state index is -0.437. The van der Waals surface area contributed by atoms with Crippen LogP contribution in [0.1, 0.15) is 23.6 Å². The van der Waals surface area contributed by atoms with Gasteiger partial charge in [-0.25, -0.2) is 0 Å². The average molecular weight is 586 g/mol. The number of hydrogen-bond acceptors (Lipinski definition) is 9. The zero-order chi connectivity index (χ0) is 30.6. The Kier molecular flexibility index (Phi) is 11.1. The summed E-state index contributed by atoms with van der Waals surface area (Å²) in [7, 11) is 0. The molecule has 43 heavy (non-hydrogen) atoms. The SMILES string of the molecule is Cc1cc(Oc2ccc([N+](=O)[O-])cc2)ccc1CNCC(C)NCCNCc1ccc(Oc2ccc([N+](=O)[O-])cc2)cc1. The highest BCUT2D eigenvalue weighted by Gasteiger charge is 2.08. The first-order valence-corrected chi connectivity index (χ1v) is 13.9. The fraction of sp³-hybridized carbons (Fsp3) is 0.250. The average Bonchev–Trinajstić information content (AvgIpc) is 2.99. The van der Waals surface area contributed by atoms with Crippen molar-refractivity contribution in [3.8, 4) is 23.0 Å². The number of benzene rings is 4. The van der Waals surface area contributed by atoms with Gasteiger partial charge in [0.2, 0.25) is 0 Å². The van der Waals surface area contributed by atoms with Crippen LogP contribution in [0.25, 0.3) is 0 Å². The van der Waals surface area contributed by atoms with Crippen molar-refractivity contribution >= 4 is 11.4 Å². The number of nitrogens with one attached hydrogen (secondary N) is 3. The minimum Gasteiger partial charge on any atom is -0.457 e. The van der Waals surface area contributed by atoms with Gasteiger partial charge in [0.25, 0.3) is 11.4 Å². The second kappa shape index (κ2) is 15.4. The zero-order valence-electron chi connectivity index (χ0n) is 24.1.